The predicted octanol–water partition coefficient (Wildman–Crippen LogP) is 4.50. The van der Waals surface area contributed by atoms with E-state index in [1.54, 1.807) is 6.20 Å². The second-order valence-corrected chi connectivity index (χ2v) is 6.13. The SMILES string of the molecule is Cc1oc(-c2ccccc2)nc1COC(=O)c1cn(C)c2ccccc12. The van der Waals surface area contributed by atoms with Gasteiger partial charge in [0.05, 0.1) is 5.56 Å². The number of ether oxygens (including phenoxy) is 1. The first-order valence-electron chi connectivity index (χ1n) is 8.36. The fourth-order valence-electron chi connectivity index (χ4n) is 2.98. The lowest BCUT2D eigenvalue weighted by atomic mass is 10.2. The first-order chi connectivity index (χ1) is 12.6. The summed E-state index contributed by atoms with van der Waals surface area (Å²) in [6.07, 6.45) is 1.79. The van der Waals surface area contributed by atoms with Crippen molar-refractivity contribution >= 4 is 16.9 Å². The average Bonchev–Trinajstić information content (AvgIpc) is 3.21. The molecule has 2 heterocycles. The molecule has 0 saturated carbocycles. The lowest BCUT2D eigenvalue weighted by molar-refractivity contribution is 0.0469. The Bertz CT molecular complexity index is 1080. The topological polar surface area (TPSA) is 57.3 Å². The fourth-order valence-corrected chi connectivity index (χ4v) is 2.98. The zero-order valence-electron chi connectivity index (χ0n) is 14.6. The molecule has 2 aromatic carbocycles. The van der Waals surface area contributed by atoms with E-state index in [1.165, 1.54) is 0 Å². The van der Waals surface area contributed by atoms with Crippen LogP contribution in [0.25, 0.3) is 22.4 Å². The Balaban J connectivity index is 1.54. The maximum absolute atomic E-state index is 12.5. The minimum atomic E-state index is -0.370. The predicted molar refractivity (Wildman–Crippen MR) is 98.7 cm³/mol. The highest BCUT2D eigenvalue weighted by atomic mass is 16.5. The van der Waals surface area contributed by atoms with Gasteiger partial charge in [-0.15, -0.1) is 0 Å². The maximum atomic E-state index is 12.5. The van der Waals surface area contributed by atoms with E-state index in [2.05, 4.69) is 4.98 Å². The van der Waals surface area contributed by atoms with E-state index in [0.717, 1.165) is 16.5 Å². The van der Waals surface area contributed by atoms with Crippen molar-refractivity contribution in [3.63, 3.8) is 0 Å². The van der Waals surface area contributed by atoms with Crippen LogP contribution < -0.4 is 0 Å². The van der Waals surface area contributed by atoms with Gasteiger partial charge in [0.25, 0.3) is 0 Å². The molecule has 0 unspecified atom stereocenters. The minimum Gasteiger partial charge on any atom is -0.455 e. The van der Waals surface area contributed by atoms with Crippen molar-refractivity contribution in [2.75, 3.05) is 0 Å². The van der Waals surface area contributed by atoms with Crippen molar-refractivity contribution in [3.05, 3.63) is 77.8 Å². The lowest BCUT2D eigenvalue weighted by Crippen LogP contribution is -2.05. The van der Waals surface area contributed by atoms with Crippen LogP contribution in [0.5, 0.6) is 0 Å². The van der Waals surface area contributed by atoms with E-state index in [-0.39, 0.29) is 12.6 Å². The van der Waals surface area contributed by atoms with Gasteiger partial charge in [-0.3, -0.25) is 0 Å². The molecule has 4 aromatic rings. The van der Waals surface area contributed by atoms with Gasteiger partial charge in [-0.1, -0.05) is 36.4 Å². The van der Waals surface area contributed by atoms with Crippen LogP contribution in [0.4, 0.5) is 0 Å². The summed E-state index contributed by atoms with van der Waals surface area (Å²) in [6, 6.07) is 17.4. The Morgan fingerprint density at radius 2 is 1.85 bits per heavy atom. The molecule has 0 bridgehead atoms. The molecular formula is C21H18N2O3. The molecule has 0 aliphatic heterocycles. The standard InChI is InChI=1S/C21H18N2O3/c1-14-18(22-20(26-14)15-8-4-3-5-9-15)13-25-21(24)17-12-23(2)19-11-7-6-10-16(17)19/h3-12H,13H2,1-2H3. The molecule has 0 spiro atoms. The highest BCUT2D eigenvalue weighted by Gasteiger charge is 2.17. The normalized spacial score (nSPS) is 11.0. The van der Waals surface area contributed by atoms with Gasteiger partial charge in [0.1, 0.15) is 18.1 Å². The van der Waals surface area contributed by atoms with Crippen LogP contribution in [-0.2, 0) is 18.4 Å². The zero-order valence-corrected chi connectivity index (χ0v) is 14.6. The van der Waals surface area contributed by atoms with E-state index in [0.29, 0.717) is 22.9 Å². The van der Waals surface area contributed by atoms with Gasteiger partial charge in [-0.25, -0.2) is 9.78 Å². The first-order valence-corrected chi connectivity index (χ1v) is 8.36. The number of carbonyl (C=O) groups is 1. The quantitative estimate of drug-likeness (QED) is 0.511. The highest BCUT2D eigenvalue weighted by molar-refractivity contribution is 6.04. The van der Waals surface area contributed by atoms with Gasteiger partial charge in [0.2, 0.25) is 5.89 Å². The van der Waals surface area contributed by atoms with Crippen LogP contribution in [-0.4, -0.2) is 15.5 Å². The maximum Gasteiger partial charge on any atom is 0.340 e. The Hall–Kier alpha value is -3.34. The van der Waals surface area contributed by atoms with Crippen molar-refractivity contribution in [1.82, 2.24) is 9.55 Å². The number of carbonyl (C=O) groups excluding carboxylic acids is 1. The monoisotopic (exact) mass is 346 g/mol. The molecule has 130 valence electrons. The minimum absolute atomic E-state index is 0.0736. The van der Waals surface area contributed by atoms with Gasteiger partial charge in [-0.2, -0.15) is 0 Å². The van der Waals surface area contributed by atoms with Gasteiger partial charge >= 0.3 is 5.97 Å². The summed E-state index contributed by atoms with van der Waals surface area (Å²) >= 11 is 0. The molecule has 0 N–H and O–H groups in total. The van der Waals surface area contributed by atoms with Crippen molar-refractivity contribution in [2.24, 2.45) is 7.05 Å². The number of benzene rings is 2. The number of aryl methyl sites for hydroxylation is 2. The number of aromatic nitrogens is 2. The number of esters is 1. The molecule has 0 saturated heterocycles. The van der Waals surface area contributed by atoms with Crippen LogP contribution in [0, 0.1) is 6.92 Å². The summed E-state index contributed by atoms with van der Waals surface area (Å²) in [4.78, 5) is 17.0. The highest BCUT2D eigenvalue weighted by Crippen LogP contribution is 2.24. The Labute approximate surface area is 150 Å². The molecule has 0 radical (unpaired) electrons. The van der Waals surface area contributed by atoms with Crippen LogP contribution >= 0.6 is 0 Å². The molecule has 0 amide bonds. The third kappa shape index (κ3) is 2.88. The summed E-state index contributed by atoms with van der Waals surface area (Å²) in [5, 5.41) is 0.877. The number of hydrogen-bond acceptors (Lipinski definition) is 4. The molecular weight excluding hydrogens is 328 g/mol. The van der Waals surface area contributed by atoms with Crippen LogP contribution in [0.2, 0.25) is 0 Å². The number of fused-ring (bicyclic) bond motifs is 1. The summed E-state index contributed by atoms with van der Waals surface area (Å²) in [5.41, 5.74) is 3.05. The van der Waals surface area contributed by atoms with Crippen LogP contribution in [0.3, 0.4) is 0 Å². The second-order valence-electron chi connectivity index (χ2n) is 6.13. The van der Waals surface area contributed by atoms with Crippen molar-refractivity contribution in [2.45, 2.75) is 13.5 Å². The number of nitrogens with zero attached hydrogens (tertiary/aromatic N) is 2. The first kappa shape index (κ1) is 16.1. The zero-order chi connectivity index (χ0) is 18.1. The Kier molecular flexibility index (Phi) is 4.05. The van der Waals surface area contributed by atoms with E-state index in [1.807, 2.05) is 73.1 Å². The van der Waals surface area contributed by atoms with E-state index >= 15 is 0 Å². The van der Waals surface area contributed by atoms with Crippen LogP contribution in [0.15, 0.2) is 65.2 Å². The molecule has 2 aromatic heterocycles. The Morgan fingerprint density at radius 1 is 1.12 bits per heavy atom. The molecule has 0 fully saturated rings. The summed E-state index contributed by atoms with van der Waals surface area (Å²) in [5.74, 6) is 0.805. The van der Waals surface area contributed by atoms with Crippen LogP contribution in [0.1, 0.15) is 21.8 Å². The molecule has 0 aliphatic rings. The largest absolute Gasteiger partial charge is 0.455 e. The van der Waals surface area contributed by atoms with Crippen molar-refractivity contribution in [3.8, 4) is 11.5 Å². The summed E-state index contributed by atoms with van der Waals surface area (Å²) in [6.45, 7) is 1.89. The van der Waals surface area contributed by atoms with E-state index in [4.69, 9.17) is 9.15 Å². The van der Waals surface area contributed by atoms with E-state index < -0.39 is 0 Å². The van der Waals surface area contributed by atoms with E-state index in [9.17, 15) is 4.79 Å². The third-order valence-electron chi connectivity index (χ3n) is 4.37. The number of oxazole rings is 1. The van der Waals surface area contributed by atoms with Crippen molar-refractivity contribution in [1.29, 1.82) is 0 Å². The lowest BCUT2D eigenvalue weighted by Gasteiger charge is -2.02. The van der Waals surface area contributed by atoms with Crippen molar-refractivity contribution < 1.29 is 13.9 Å². The number of rotatable bonds is 4. The molecule has 26 heavy (non-hydrogen) atoms. The summed E-state index contributed by atoms with van der Waals surface area (Å²) < 4.78 is 13.1. The van der Waals surface area contributed by atoms with Gasteiger partial charge in [-0.05, 0) is 25.1 Å². The molecule has 0 aliphatic carbocycles. The molecule has 4 rings (SSSR count). The Morgan fingerprint density at radius 3 is 2.65 bits per heavy atom. The smallest absolute Gasteiger partial charge is 0.340 e. The molecule has 5 nitrogen and oxygen atoms in total. The summed E-state index contributed by atoms with van der Waals surface area (Å²) in [7, 11) is 1.91. The average molecular weight is 346 g/mol. The fraction of sp³-hybridized carbons (Fsp3) is 0.143. The van der Waals surface area contributed by atoms with Gasteiger partial charge in [0, 0.05) is 29.7 Å². The van der Waals surface area contributed by atoms with Gasteiger partial charge < -0.3 is 13.7 Å². The third-order valence-corrected chi connectivity index (χ3v) is 4.37. The number of hydrogen-bond donors (Lipinski definition) is 0. The number of para-hydroxylation sites is 1. The van der Waals surface area contributed by atoms with Gasteiger partial charge in [0.15, 0.2) is 0 Å². The molecule has 5 heteroatoms. The second kappa shape index (κ2) is 6.52. The molecule has 0 atom stereocenters.